The number of nitrogens with one attached hydrogen (secondary N) is 2. The van der Waals surface area contributed by atoms with Crippen molar-refractivity contribution in [3.8, 4) is 0 Å². The van der Waals surface area contributed by atoms with Crippen LogP contribution in [0.25, 0.3) is 11.2 Å². The van der Waals surface area contributed by atoms with Crippen LogP contribution in [0.2, 0.25) is 36.3 Å². The molecule has 6 heterocycles. The van der Waals surface area contributed by atoms with Gasteiger partial charge in [0.1, 0.15) is 60.0 Å². The Morgan fingerprint density at radius 1 is 0.848 bits per heavy atom. The first-order valence-corrected chi connectivity index (χ1v) is 33.1. The topological polar surface area (TPSA) is 257 Å². The van der Waals surface area contributed by atoms with Crippen molar-refractivity contribution in [1.82, 2.24) is 39.3 Å². The second-order valence-corrected chi connectivity index (χ2v) is 36.0. The van der Waals surface area contributed by atoms with E-state index in [9.17, 15) is 19.2 Å². The third kappa shape index (κ3) is 15.0. The van der Waals surface area contributed by atoms with Crippen molar-refractivity contribution in [2.75, 3.05) is 30.7 Å². The molecule has 3 aliphatic heterocycles. The molecule has 0 saturated carbocycles. The number of nitrogens with two attached hydrogens (primary N) is 1. The summed E-state index contributed by atoms with van der Waals surface area (Å²) in [6.07, 6.45) is -0.287. The molecule has 7 rings (SSSR count). The van der Waals surface area contributed by atoms with Crippen LogP contribution < -0.4 is 22.1 Å². The summed E-state index contributed by atoms with van der Waals surface area (Å²) in [5, 5.41) is 5.46. The highest BCUT2D eigenvalue weighted by Gasteiger charge is 2.57. The second-order valence-electron chi connectivity index (χ2n) is 26.4. The van der Waals surface area contributed by atoms with Gasteiger partial charge in [-0.15, -0.1) is 0 Å². The van der Waals surface area contributed by atoms with Gasteiger partial charge in [0, 0.05) is 43.4 Å². The van der Waals surface area contributed by atoms with E-state index in [-0.39, 0.29) is 59.8 Å². The lowest BCUT2D eigenvalue weighted by molar-refractivity contribution is -0.198. The molecule has 24 heteroatoms. The zero-order valence-corrected chi connectivity index (χ0v) is 51.6. The van der Waals surface area contributed by atoms with Gasteiger partial charge in [-0.1, -0.05) is 59.7 Å². The van der Waals surface area contributed by atoms with Gasteiger partial charge in [-0.25, -0.2) is 29.3 Å². The van der Waals surface area contributed by atoms with Gasteiger partial charge in [0.15, 0.2) is 45.6 Å². The van der Waals surface area contributed by atoms with Crippen molar-refractivity contribution in [3.63, 3.8) is 0 Å². The molecule has 3 aromatic heterocycles. The van der Waals surface area contributed by atoms with Crippen LogP contribution in [0.1, 0.15) is 138 Å². The number of esters is 1. The van der Waals surface area contributed by atoms with Crippen LogP contribution in [0.5, 0.6) is 0 Å². The van der Waals surface area contributed by atoms with Crippen LogP contribution in [0.3, 0.4) is 0 Å². The van der Waals surface area contributed by atoms with Crippen molar-refractivity contribution >= 4 is 57.4 Å². The van der Waals surface area contributed by atoms with E-state index in [1.807, 2.05) is 24.8 Å². The fourth-order valence-corrected chi connectivity index (χ4v) is 11.5. The van der Waals surface area contributed by atoms with Crippen LogP contribution in [0, 0.1) is 0 Å². The fourth-order valence-electron chi connectivity index (χ4n) is 9.10. The number of benzene rings is 1. The fraction of sp³-hybridized carbons (Fsp3) is 0.673. The highest BCUT2D eigenvalue weighted by molar-refractivity contribution is 6.74. The number of ether oxygens (including phenoxy) is 6. The summed E-state index contributed by atoms with van der Waals surface area (Å²) in [7, 11) is -4.56. The van der Waals surface area contributed by atoms with Gasteiger partial charge < -0.3 is 53.6 Å². The van der Waals surface area contributed by atoms with Gasteiger partial charge in [0.05, 0.1) is 19.0 Å². The number of hydrogen-bond acceptors (Lipinski definition) is 18. The van der Waals surface area contributed by atoms with E-state index in [0.29, 0.717) is 35.3 Å². The third-order valence-corrected chi connectivity index (χ3v) is 24.2. The molecule has 8 atom stereocenters. The summed E-state index contributed by atoms with van der Waals surface area (Å²) < 4.78 is 55.4. The van der Waals surface area contributed by atoms with Crippen molar-refractivity contribution in [1.29, 1.82) is 0 Å². The van der Waals surface area contributed by atoms with Gasteiger partial charge in [0.2, 0.25) is 0 Å². The van der Waals surface area contributed by atoms with Crippen LogP contribution in [0.15, 0.2) is 54.0 Å². The summed E-state index contributed by atoms with van der Waals surface area (Å²) in [5.41, 5.74) is 6.01. The quantitative estimate of drug-likeness (QED) is 0.0623. The highest BCUT2D eigenvalue weighted by atomic mass is 28.4. The minimum Gasteiger partial charge on any atom is -0.458 e. The summed E-state index contributed by atoms with van der Waals surface area (Å²) in [6, 6.07) is 7.62. The van der Waals surface area contributed by atoms with Gasteiger partial charge >= 0.3 is 17.8 Å². The molecule has 79 heavy (non-hydrogen) atoms. The Morgan fingerprint density at radius 3 is 2.13 bits per heavy atom. The number of carbonyl (C=O) groups is 3. The molecule has 3 fully saturated rings. The average Bonchev–Trinajstić information content (AvgIpc) is 4.27. The summed E-state index contributed by atoms with van der Waals surface area (Å²) in [6.45, 7) is 36.7. The summed E-state index contributed by atoms with van der Waals surface area (Å²) >= 11 is 0. The van der Waals surface area contributed by atoms with E-state index >= 15 is 0 Å². The number of anilines is 2. The maximum absolute atomic E-state index is 14.1. The Kier molecular flexibility index (Phi) is 17.9. The maximum Gasteiger partial charge on any atom is 0.408 e. The lowest BCUT2D eigenvalue weighted by atomic mass is 10.1. The maximum atomic E-state index is 14.1. The molecule has 0 radical (unpaired) electrons. The molecule has 22 nitrogen and oxygen atoms in total. The summed E-state index contributed by atoms with van der Waals surface area (Å²) in [4.78, 5) is 74.5. The molecule has 1 aromatic carbocycles. The molecule has 0 aliphatic carbocycles. The monoisotopic (exact) mass is 1130 g/mol. The largest absolute Gasteiger partial charge is 0.458 e. The van der Waals surface area contributed by atoms with Gasteiger partial charge in [-0.2, -0.15) is 4.98 Å². The Hall–Kier alpha value is -5.19. The minimum atomic E-state index is -2.34. The number of aromatic nitrogens is 6. The molecule has 436 valence electrons. The van der Waals surface area contributed by atoms with E-state index in [1.54, 1.807) is 82.9 Å². The zero-order chi connectivity index (χ0) is 58.4. The number of fused-ring (bicyclic) bond motifs is 2. The summed E-state index contributed by atoms with van der Waals surface area (Å²) in [5.74, 6) is -1.86. The minimum absolute atomic E-state index is 0.00360. The molecule has 4 N–H and O–H groups in total. The predicted octanol–water partition coefficient (Wildman–Crippen LogP) is 8.46. The van der Waals surface area contributed by atoms with E-state index < -0.39 is 94.3 Å². The smallest absolute Gasteiger partial charge is 0.408 e. The van der Waals surface area contributed by atoms with Crippen LogP contribution in [-0.2, 0) is 48.6 Å². The van der Waals surface area contributed by atoms with Crippen LogP contribution in [-0.4, -0.2) is 142 Å². The van der Waals surface area contributed by atoms with E-state index in [4.69, 9.17) is 43.0 Å². The number of nitrogens with zero attached hydrogens (tertiary/aromatic N) is 7. The normalized spacial score (nSPS) is 23.2. The molecule has 3 aliphatic rings. The van der Waals surface area contributed by atoms with Crippen molar-refractivity contribution in [3.05, 3.63) is 70.8 Å². The first-order valence-electron chi connectivity index (χ1n) is 27.3. The van der Waals surface area contributed by atoms with E-state index in [0.717, 1.165) is 0 Å². The number of carbonyl (C=O) groups excluding carboxylic acids is 3. The highest BCUT2D eigenvalue weighted by Crippen LogP contribution is 2.45. The number of nitrogen functional groups attached to an aromatic ring is 1. The van der Waals surface area contributed by atoms with Crippen molar-refractivity contribution in [2.24, 2.45) is 0 Å². The van der Waals surface area contributed by atoms with Gasteiger partial charge in [-0.05, 0) is 110 Å². The van der Waals surface area contributed by atoms with Gasteiger partial charge in [-0.3, -0.25) is 18.8 Å². The van der Waals surface area contributed by atoms with E-state index in [1.165, 1.54) is 10.9 Å². The SMILES string of the molecule is CC(C)(C)OC(=O)N[C@@H](CCN(Cc1cn([C@H]2C[C@H](O[Si](C)(C)C(C)(C)C)[C@@H](CO[Si](C)(C)C(C)(C)C)O2)c(=O)nc1N)C[C@H]1O[C@@H](n2cnc3c(NC(=O)c4ccccc4)ncnc32)[C@@H]2OC(C)(C)O[C@@H]21)C(=O)OC(C)(C)C. The predicted molar refractivity (Wildman–Crippen MR) is 303 cm³/mol. The van der Waals surface area contributed by atoms with Crippen molar-refractivity contribution < 1.29 is 51.7 Å². The Balaban J connectivity index is 1.23. The number of amides is 2. The molecule has 0 spiro atoms. The van der Waals surface area contributed by atoms with Gasteiger partial charge in [0.25, 0.3) is 5.91 Å². The van der Waals surface area contributed by atoms with E-state index in [2.05, 4.69) is 98.3 Å². The number of hydrogen-bond donors (Lipinski definition) is 3. The standard InChI is InChI=1S/C55H86N10O12Si2/c1-51(2,3)75-48(67)35(60-50(69)76-52(4,5)6)24-25-63(27-34-28-64(49(68)61-43(34)56)39-26-36(77-79(17,18)54(10,11)12)38(71-39)30-70-78(15,16)53(7,8)9)29-37-41-42(74-55(13,14)73-41)47(72-37)65-32-59-40-44(57-31-58-45(40)65)62-46(66)33-22-20-19-21-23-33/h19-23,28,31-32,35-39,41-42,47H,24-27,29-30H2,1-18H3,(H,60,69)(H2,56,61,68)(H,57,58,62,66)/t35-,36-,37+,38+,39+,41+,42+,47+/m0/s1. The van der Waals surface area contributed by atoms with Crippen molar-refractivity contribution in [2.45, 2.75) is 219 Å². The molecule has 3 saturated heterocycles. The lowest BCUT2D eigenvalue weighted by Crippen LogP contribution is -2.48. The Morgan fingerprint density at radius 2 is 1.49 bits per heavy atom. The van der Waals surface area contributed by atoms with Crippen LogP contribution >= 0.6 is 0 Å². The second kappa shape index (κ2) is 23.0. The molecule has 0 bridgehead atoms. The zero-order valence-electron chi connectivity index (χ0n) is 49.6. The molecular weight excluding hydrogens is 1050 g/mol. The van der Waals surface area contributed by atoms with Crippen LogP contribution in [0.4, 0.5) is 16.4 Å². The number of alkyl carbamates (subject to hydrolysis) is 1. The molecule has 4 aromatic rings. The average molecular weight is 1140 g/mol. The Labute approximate surface area is 466 Å². The molecule has 0 unspecified atom stereocenters. The number of imidazole rings is 1. The lowest BCUT2D eigenvalue weighted by Gasteiger charge is -2.40. The first kappa shape index (κ1) is 61.4. The third-order valence-electron chi connectivity index (χ3n) is 15.2. The Bertz CT molecular complexity index is 2870. The molecule has 2 amide bonds. The number of rotatable bonds is 18. The first-order chi connectivity index (χ1) is 36.4. The molecular formula is C55H86N10O12Si2.